The summed E-state index contributed by atoms with van der Waals surface area (Å²) < 4.78 is 10.4. The Balaban J connectivity index is 0.00000145. The number of ether oxygens (including phenoxy) is 1. The molecule has 3 aromatic rings. The third kappa shape index (κ3) is 5.45. The Labute approximate surface area is 170 Å². The average Bonchev–Trinajstić information content (AvgIpc) is 3.23. The number of hydrogen-bond donors (Lipinski definition) is 1. The molecule has 150 valence electrons. The fourth-order valence-corrected chi connectivity index (χ4v) is 2.53. The quantitative estimate of drug-likeness (QED) is 0.344. The number of aromatic hydroxyl groups is 1. The van der Waals surface area contributed by atoms with Crippen LogP contribution in [0.4, 0.5) is 0 Å². The first-order valence-corrected chi connectivity index (χ1v) is 9.28. The molecule has 5 heteroatoms. The molecule has 3 rings (SSSR count). The number of allylic oxidation sites excluding steroid dienone is 1. The molecule has 0 aliphatic rings. The Kier molecular flexibility index (Phi) is 7.54. The predicted octanol–water partition coefficient (Wildman–Crippen LogP) is 5.67. The van der Waals surface area contributed by atoms with Crippen molar-refractivity contribution < 1.29 is 23.8 Å². The zero-order valence-corrected chi connectivity index (χ0v) is 16.9. The van der Waals surface area contributed by atoms with Gasteiger partial charge in [0.1, 0.15) is 22.8 Å². The number of methoxy groups -OCH3 is 1. The van der Waals surface area contributed by atoms with Crippen molar-refractivity contribution in [2.24, 2.45) is 0 Å². The molecule has 0 amide bonds. The van der Waals surface area contributed by atoms with Crippen LogP contribution >= 0.6 is 0 Å². The largest absolute Gasteiger partial charge is 0.507 e. The van der Waals surface area contributed by atoms with E-state index in [1.54, 1.807) is 36.4 Å². The zero-order chi connectivity index (χ0) is 21.4. The van der Waals surface area contributed by atoms with Gasteiger partial charge in [0, 0.05) is 11.1 Å². The van der Waals surface area contributed by atoms with Crippen LogP contribution in [0, 0.1) is 6.92 Å². The van der Waals surface area contributed by atoms with Crippen LogP contribution in [-0.4, -0.2) is 24.0 Å². The van der Waals surface area contributed by atoms with E-state index >= 15 is 0 Å². The van der Waals surface area contributed by atoms with Gasteiger partial charge in [0.15, 0.2) is 5.78 Å². The van der Waals surface area contributed by atoms with Crippen molar-refractivity contribution in [2.45, 2.75) is 20.8 Å². The van der Waals surface area contributed by atoms with Crippen molar-refractivity contribution in [3.63, 3.8) is 0 Å². The zero-order valence-electron chi connectivity index (χ0n) is 16.9. The summed E-state index contributed by atoms with van der Waals surface area (Å²) in [5.41, 5.74) is 2.35. The molecular formula is C24H24O5. The van der Waals surface area contributed by atoms with Gasteiger partial charge in [-0.3, -0.25) is 4.79 Å². The first kappa shape index (κ1) is 21.7. The van der Waals surface area contributed by atoms with E-state index in [1.807, 2.05) is 32.9 Å². The van der Waals surface area contributed by atoms with Gasteiger partial charge in [-0.2, -0.15) is 0 Å². The fourth-order valence-electron chi connectivity index (χ4n) is 2.53. The summed E-state index contributed by atoms with van der Waals surface area (Å²) >= 11 is 0. The molecule has 0 bridgehead atoms. The minimum atomic E-state index is -0.635. The highest BCUT2D eigenvalue weighted by Crippen LogP contribution is 2.28. The standard InChI is InChI=1S/C22H18O5.C2H6/c1-14-3-5-15(6-4-14)19(23)11-8-17-9-12-21(27-17)16-7-10-20(24)18(13-16)22(25)26-2;1-2/h3-13,24H,1-2H3;1-2H3/b11-8+;. The number of ketones is 1. The third-order valence-electron chi connectivity index (χ3n) is 4.05. The van der Waals surface area contributed by atoms with Crippen molar-refractivity contribution in [1.29, 1.82) is 0 Å². The molecule has 0 saturated heterocycles. The fraction of sp³-hybridized carbons (Fsp3) is 0.167. The molecular weight excluding hydrogens is 368 g/mol. The maximum atomic E-state index is 12.2. The number of hydrogen-bond acceptors (Lipinski definition) is 5. The van der Waals surface area contributed by atoms with Gasteiger partial charge in [0.25, 0.3) is 0 Å². The first-order valence-electron chi connectivity index (χ1n) is 9.28. The van der Waals surface area contributed by atoms with Gasteiger partial charge in [-0.05, 0) is 49.4 Å². The Morgan fingerprint density at radius 2 is 1.69 bits per heavy atom. The Hall–Kier alpha value is -3.60. The molecule has 0 saturated carbocycles. The molecule has 0 aliphatic heterocycles. The molecule has 0 spiro atoms. The summed E-state index contributed by atoms with van der Waals surface area (Å²) in [6.07, 6.45) is 3.04. The SMILES string of the molecule is CC.COC(=O)c1cc(-c2ccc(/C=C/C(=O)c3ccc(C)cc3)o2)ccc1O. The summed E-state index contributed by atoms with van der Waals surface area (Å²) in [7, 11) is 1.25. The smallest absolute Gasteiger partial charge is 0.341 e. The van der Waals surface area contributed by atoms with Gasteiger partial charge < -0.3 is 14.3 Å². The summed E-state index contributed by atoms with van der Waals surface area (Å²) in [5.74, 6) is 0.0805. The summed E-state index contributed by atoms with van der Waals surface area (Å²) in [6.45, 7) is 5.96. The maximum Gasteiger partial charge on any atom is 0.341 e. The molecule has 0 fully saturated rings. The number of phenols is 1. The van der Waals surface area contributed by atoms with Crippen LogP contribution < -0.4 is 0 Å². The van der Waals surface area contributed by atoms with Crippen LogP contribution in [-0.2, 0) is 4.74 Å². The number of carbonyl (C=O) groups is 2. The molecule has 0 aliphatic carbocycles. The average molecular weight is 392 g/mol. The molecule has 2 aromatic carbocycles. The number of esters is 1. The number of aryl methyl sites for hydroxylation is 1. The van der Waals surface area contributed by atoms with E-state index in [0.29, 0.717) is 22.6 Å². The van der Waals surface area contributed by atoms with E-state index in [1.165, 1.54) is 25.3 Å². The summed E-state index contributed by atoms with van der Waals surface area (Å²) in [4.78, 5) is 23.9. The Morgan fingerprint density at radius 3 is 2.34 bits per heavy atom. The number of rotatable bonds is 5. The first-order chi connectivity index (χ1) is 14.0. The number of benzene rings is 2. The van der Waals surface area contributed by atoms with Crippen LogP contribution in [0.5, 0.6) is 5.75 Å². The number of carbonyl (C=O) groups excluding carboxylic acids is 2. The third-order valence-corrected chi connectivity index (χ3v) is 4.05. The van der Waals surface area contributed by atoms with Gasteiger partial charge >= 0.3 is 5.97 Å². The summed E-state index contributed by atoms with van der Waals surface area (Å²) in [5, 5.41) is 9.78. The van der Waals surface area contributed by atoms with E-state index in [-0.39, 0.29) is 17.1 Å². The minimum Gasteiger partial charge on any atom is -0.507 e. The molecule has 0 unspecified atom stereocenters. The highest BCUT2D eigenvalue weighted by molar-refractivity contribution is 6.06. The normalized spacial score (nSPS) is 10.3. The van der Waals surface area contributed by atoms with E-state index in [0.717, 1.165) is 5.56 Å². The van der Waals surface area contributed by atoms with Crippen molar-refractivity contribution >= 4 is 17.8 Å². The van der Waals surface area contributed by atoms with Gasteiger partial charge in [0.05, 0.1) is 7.11 Å². The van der Waals surface area contributed by atoms with Gasteiger partial charge in [-0.15, -0.1) is 0 Å². The lowest BCUT2D eigenvalue weighted by Gasteiger charge is -2.04. The second-order valence-corrected chi connectivity index (χ2v) is 5.99. The molecule has 5 nitrogen and oxygen atoms in total. The van der Waals surface area contributed by atoms with Crippen molar-refractivity contribution in [3.8, 4) is 17.1 Å². The minimum absolute atomic E-state index is 0.0537. The Bertz CT molecular complexity index is 1010. The second kappa shape index (κ2) is 10.1. The van der Waals surface area contributed by atoms with Crippen LogP contribution in [0.1, 0.15) is 45.9 Å². The van der Waals surface area contributed by atoms with Crippen molar-refractivity contribution in [1.82, 2.24) is 0 Å². The molecule has 1 aromatic heterocycles. The monoisotopic (exact) mass is 392 g/mol. The topological polar surface area (TPSA) is 76.7 Å². The van der Waals surface area contributed by atoms with E-state index < -0.39 is 5.97 Å². The van der Waals surface area contributed by atoms with Crippen LogP contribution in [0.25, 0.3) is 17.4 Å². The number of furan rings is 1. The van der Waals surface area contributed by atoms with Crippen LogP contribution in [0.2, 0.25) is 0 Å². The Morgan fingerprint density at radius 1 is 1.00 bits per heavy atom. The van der Waals surface area contributed by atoms with E-state index in [4.69, 9.17) is 4.42 Å². The van der Waals surface area contributed by atoms with Gasteiger partial charge in [-0.25, -0.2) is 4.79 Å². The van der Waals surface area contributed by atoms with Crippen molar-refractivity contribution in [2.75, 3.05) is 7.11 Å². The lowest BCUT2D eigenvalue weighted by molar-refractivity contribution is 0.0597. The molecule has 1 heterocycles. The predicted molar refractivity (Wildman–Crippen MR) is 113 cm³/mol. The molecule has 29 heavy (non-hydrogen) atoms. The van der Waals surface area contributed by atoms with Crippen molar-refractivity contribution in [3.05, 3.63) is 83.1 Å². The molecule has 0 radical (unpaired) electrons. The van der Waals surface area contributed by atoms with E-state index in [2.05, 4.69) is 4.74 Å². The highest BCUT2D eigenvalue weighted by Gasteiger charge is 2.14. The summed E-state index contributed by atoms with van der Waals surface area (Å²) in [6, 6.07) is 15.3. The lowest BCUT2D eigenvalue weighted by Crippen LogP contribution is -2.01. The van der Waals surface area contributed by atoms with Crippen LogP contribution in [0.3, 0.4) is 0 Å². The van der Waals surface area contributed by atoms with Gasteiger partial charge in [-0.1, -0.05) is 43.7 Å². The van der Waals surface area contributed by atoms with E-state index in [9.17, 15) is 14.7 Å². The van der Waals surface area contributed by atoms with Crippen LogP contribution in [0.15, 0.2) is 65.1 Å². The number of phenolic OH excluding ortho intramolecular Hbond substituents is 1. The molecule has 1 N–H and O–H groups in total. The highest BCUT2D eigenvalue weighted by atomic mass is 16.5. The second-order valence-electron chi connectivity index (χ2n) is 5.99. The lowest BCUT2D eigenvalue weighted by atomic mass is 10.1. The molecule has 0 atom stereocenters. The van der Waals surface area contributed by atoms with Gasteiger partial charge in [0.2, 0.25) is 0 Å². The maximum absolute atomic E-state index is 12.2.